The van der Waals surface area contributed by atoms with Crippen molar-refractivity contribution in [2.75, 3.05) is 0 Å². The largest absolute Gasteiger partial charge is 0.115 e. The quantitative estimate of drug-likeness (QED) is 0.414. The second kappa shape index (κ2) is 5.89. The van der Waals surface area contributed by atoms with Gasteiger partial charge in [-0.05, 0) is 31.0 Å². The number of terminal acetylenes is 1. The van der Waals surface area contributed by atoms with Crippen molar-refractivity contribution >= 4 is 8.07 Å². The van der Waals surface area contributed by atoms with Crippen molar-refractivity contribution in [1.29, 1.82) is 0 Å². The van der Waals surface area contributed by atoms with Crippen LogP contribution in [0.5, 0.6) is 0 Å². The van der Waals surface area contributed by atoms with Crippen molar-refractivity contribution in [1.82, 2.24) is 0 Å². The molecule has 0 saturated heterocycles. The highest BCUT2D eigenvalue weighted by molar-refractivity contribution is 6.76. The Bertz CT molecular complexity index is 441. The van der Waals surface area contributed by atoms with Crippen molar-refractivity contribution in [3.8, 4) is 12.3 Å². The second-order valence-corrected chi connectivity index (χ2v) is 11.3. The zero-order valence-electron chi connectivity index (χ0n) is 11.4. The van der Waals surface area contributed by atoms with Crippen molar-refractivity contribution in [2.45, 2.75) is 39.0 Å². The molecule has 1 heteroatoms. The van der Waals surface area contributed by atoms with Gasteiger partial charge >= 0.3 is 0 Å². The molecule has 0 aliphatic heterocycles. The van der Waals surface area contributed by atoms with Gasteiger partial charge in [0.2, 0.25) is 0 Å². The molecule has 0 unspecified atom stereocenters. The first-order valence-corrected chi connectivity index (χ1v) is 9.83. The maximum Gasteiger partial charge on any atom is 0.0480 e. The molecule has 0 amide bonds. The summed E-state index contributed by atoms with van der Waals surface area (Å²) in [5, 5.41) is 0. The molecule has 0 atom stereocenters. The maximum atomic E-state index is 5.51. The van der Waals surface area contributed by atoms with E-state index in [4.69, 9.17) is 6.42 Å². The summed E-state index contributed by atoms with van der Waals surface area (Å²) in [5.41, 5.74) is 3.71. The zero-order chi connectivity index (χ0) is 12.9. The average molecular weight is 242 g/mol. The minimum atomic E-state index is -0.976. The molecular weight excluding hydrogens is 220 g/mol. The first kappa shape index (κ1) is 13.8. The smallest absolute Gasteiger partial charge is 0.0480 e. The van der Waals surface area contributed by atoms with E-state index in [0.717, 1.165) is 12.0 Å². The number of rotatable bonds is 4. The lowest BCUT2D eigenvalue weighted by molar-refractivity contribution is 1.12. The van der Waals surface area contributed by atoms with E-state index < -0.39 is 8.07 Å². The molecule has 0 aliphatic rings. The Morgan fingerprint density at radius 3 is 2.53 bits per heavy atom. The van der Waals surface area contributed by atoms with Crippen LogP contribution in [0.15, 0.2) is 35.9 Å². The van der Waals surface area contributed by atoms with Gasteiger partial charge < -0.3 is 0 Å². The van der Waals surface area contributed by atoms with Crippen molar-refractivity contribution in [2.24, 2.45) is 0 Å². The summed E-state index contributed by atoms with van der Waals surface area (Å²) >= 11 is 0. The maximum absolute atomic E-state index is 5.51. The summed E-state index contributed by atoms with van der Waals surface area (Å²) in [6.45, 7) is 9.39. The van der Waals surface area contributed by atoms with Crippen molar-refractivity contribution < 1.29 is 0 Å². The lowest BCUT2D eigenvalue weighted by atomic mass is 10.0. The van der Waals surface area contributed by atoms with Crippen LogP contribution in [-0.2, 0) is 6.42 Å². The topological polar surface area (TPSA) is 0 Å². The van der Waals surface area contributed by atoms with E-state index in [-0.39, 0.29) is 0 Å². The number of hydrogen-bond acceptors (Lipinski definition) is 0. The molecule has 0 aromatic heterocycles. The molecule has 0 bridgehead atoms. The molecule has 0 saturated carbocycles. The summed E-state index contributed by atoms with van der Waals surface area (Å²) in [5.74, 6) is 2.75. The summed E-state index contributed by atoms with van der Waals surface area (Å²) in [4.78, 5) is 0. The summed E-state index contributed by atoms with van der Waals surface area (Å²) < 4.78 is 0. The van der Waals surface area contributed by atoms with Gasteiger partial charge in [-0.1, -0.05) is 55.4 Å². The fourth-order valence-electron chi connectivity index (χ4n) is 1.67. The molecule has 1 aromatic carbocycles. The van der Waals surface area contributed by atoms with E-state index in [1.807, 2.05) is 12.1 Å². The summed E-state index contributed by atoms with van der Waals surface area (Å²) in [6.07, 6.45) is 8.87. The fourth-order valence-corrected chi connectivity index (χ4v) is 2.63. The Kier molecular flexibility index (Phi) is 4.78. The van der Waals surface area contributed by atoms with Crippen LogP contribution in [0, 0.1) is 12.3 Å². The Balaban J connectivity index is 2.75. The van der Waals surface area contributed by atoms with Crippen LogP contribution in [0.1, 0.15) is 18.1 Å². The highest BCUT2D eigenvalue weighted by Crippen LogP contribution is 2.16. The van der Waals surface area contributed by atoms with Gasteiger partial charge in [0.1, 0.15) is 0 Å². The Hall–Kier alpha value is -1.26. The first-order valence-electron chi connectivity index (χ1n) is 6.12. The molecule has 0 heterocycles. The van der Waals surface area contributed by atoms with Gasteiger partial charge in [-0.2, -0.15) is 0 Å². The number of benzene rings is 1. The van der Waals surface area contributed by atoms with E-state index >= 15 is 0 Å². The summed E-state index contributed by atoms with van der Waals surface area (Å²) in [7, 11) is -0.976. The molecule has 0 fully saturated rings. The predicted molar refractivity (Wildman–Crippen MR) is 80.0 cm³/mol. The van der Waals surface area contributed by atoms with Crippen molar-refractivity contribution in [3.63, 3.8) is 0 Å². The van der Waals surface area contributed by atoms with E-state index in [9.17, 15) is 0 Å². The van der Waals surface area contributed by atoms with Gasteiger partial charge in [-0.25, -0.2) is 0 Å². The minimum absolute atomic E-state index is 0.976. The first-order chi connectivity index (χ1) is 7.92. The van der Waals surface area contributed by atoms with Crippen molar-refractivity contribution in [3.05, 3.63) is 47.0 Å². The highest BCUT2D eigenvalue weighted by atomic mass is 28.3. The predicted octanol–water partition coefficient (Wildman–Crippen LogP) is 4.49. The molecular formula is C16H22Si. The third-order valence-corrected chi connectivity index (χ3v) is 4.13. The van der Waals surface area contributed by atoms with E-state index in [1.54, 1.807) is 0 Å². The average Bonchev–Trinajstić information content (AvgIpc) is 2.26. The third-order valence-electron chi connectivity index (χ3n) is 2.71. The van der Waals surface area contributed by atoms with Gasteiger partial charge in [0, 0.05) is 13.6 Å². The van der Waals surface area contributed by atoms with Crippen LogP contribution in [0.4, 0.5) is 0 Å². The third kappa shape index (κ3) is 5.06. The molecule has 1 aromatic rings. The van der Waals surface area contributed by atoms with Crippen LogP contribution < -0.4 is 0 Å². The van der Waals surface area contributed by atoms with Crippen LogP contribution in [0.25, 0.3) is 0 Å². The van der Waals surface area contributed by atoms with E-state index in [1.165, 1.54) is 17.2 Å². The van der Waals surface area contributed by atoms with Crippen LogP contribution in [-0.4, -0.2) is 8.07 Å². The fraction of sp³-hybridized carbons (Fsp3) is 0.375. The molecule has 17 heavy (non-hydrogen) atoms. The Morgan fingerprint density at radius 2 is 1.94 bits per heavy atom. The molecule has 1 rings (SSSR count). The molecule has 0 radical (unpaired) electrons. The monoisotopic (exact) mass is 242 g/mol. The highest BCUT2D eigenvalue weighted by Gasteiger charge is 2.10. The van der Waals surface area contributed by atoms with E-state index in [2.05, 4.69) is 50.7 Å². The lowest BCUT2D eigenvalue weighted by Gasteiger charge is -2.13. The zero-order valence-corrected chi connectivity index (χ0v) is 12.4. The molecule has 0 nitrogen and oxygen atoms in total. The van der Waals surface area contributed by atoms with Crippen LogP contribution in [0.3, 0.4) is 0 Å². The molecule has 0 spiro atoms. The van der Waals surface area contributed by atoms with Gasteiger partial charge in [-0.3, -0.25) is 0 Å². The Labute approximate surface area is 107 Å². The van der Waals surface area contributed by atoms with Gasteiger partial charge in [0.25, 0.3) is 0 Å². The molecule has 90 valence electrons. The van der Waals surface area contributed by atoms with Crippen LogP contribution in [0.2, 0.25) is 25.7 Å². The van der Waals surface area contributed by atoms with Gasteiger partial charge in [0.15, 0.2) is 0 Å². The number of hydrogen-bond donors (Lipinski definition) is 0. The summed E-state index contributed by atoms with van der Waals surface area (Å²) in [6, 6.07) is 9.45. The van der Waals surface area contributed by atoms with Gasteiger partial charge in [-0.15, -0.1) is 6.42 Å². The Morgan fingerprint density at radius 1 is 1.29 bits per heavy atom. The number of allylic oxidation sites excluding steroid dienone is 2. The SMILES string of the molecule is C#Cc1ccccc1C/C(C)=C/C[Si](C)(C)C. The minimum Gasteiger partial charge on any atom is -0.115 e. The normalized spacial score (nSPS) is 12.3. The van der Waals surface area contributed by atoms with Gasteiger partial charge in [0.05, 0.1) is 0 Å². The molecule has 0 aliphatic carbocycles. The lowest BCUT2D eigenvalue weighted by Crippen LogP contribution is -2.17. The van der Waals surface area contributed by atoms with Crippen LogP contribution >= 0.6 is 0 Å². The standard InChI is InChI=1S/C16H22Si/c1-6-15-9-7-8-10-16(15)13-14(2)11-12-17(3,4)5/h1,7-11H,12-13H2,2-5H3/b14-11+. The second-order valence-electron chi connectivity index (χ2n) is 5.79. The molecule has 0 N–H and O–H groups in total. The van der Waals surface area contributed by atoms with E-state index in [0.29, 0.717) is 0 Å².